The van der Waals surface area contributed by atoms with Crippen LogP contribution in [0.4, 0.5) is 11.4 Å². The highest BCUT2D eigenvalue weighted by Crippen LogP contribution is 2.41. The number of hydrogen-bond donors (Lipinski definition) is 0. The lowest BCUT2D eigenvalue weighted by Crippen LogP contribution is -2.74. The van der Waals surface area contributed by atoms with E-state index in [-0.39, 0.29) is 0 Å². The van der Waals surface area contributed by atoms with Crippen molar-refractivity contribution >= 4 is 62.0 Å². The van der Waals surface area contributed by atoms with E-state index in [0.717, 1.165) is 38.6 Å². The van der Waals surface area contributed by atoms with Gasteiger partial charge in [-0.2, -0.15) is 0 Å². The van der Waals surface area contributed by atoms with Crippen molar-refractivity contribution in [2.75, 3.05) is 0 Å². The Balaban J connectivity index is 1.39. The maximum atomic E-state index is 7.94. The molecule has 8 aromatic rings. The Hall–Kier alpha value is -6.46. The Morgan fingerprint density at radius 1 is 0.417 bits per heavy atom. The van der Waals surface area contributed by atoms with Crippen molar-refractivity contribution in [3.63, 3.8) is 0 Å². The van der Waals surface area contributed by atoms with Gasteiger partial charge in [0.1, 0.15) is 0 Å². The molecule has 0 radical (unpaired) electrons. The van der Waals surface area contributed by atoms with Crippen molar-refractivity contribution in [1.82, 2.24) is 4.57 Å². The summed E-state index contributed by atoms with van der Waals surface area (Å²) in [7, 11) is -2.69. The molecule has 0 aliphatic rings. The summed E-state index contributed by atoms with van der Waals surface area (Å²) in [6, 6.07) is 62.2. The van der Waals surface area contributed by atoms with Gasteiger partial charge in [-0.25, -0.2) is 0 Å². The predicted octanol–water partition coefficient (Wildman–Crippen LogP) is 8.93. The first kappa shape index (κ1) is 29.0. The second kappa shape index (κ2) is 12.0. The highest BCUT2D eigenvalue weighted by Gasteiger charge is 2.41. The van der Waals surface area contributed by atoms with Crippen molar-refractivity contribution in [1.29, 1.82) is 0 Å². The van der Waals surface area contributed by atoms with E-state index in [0.29, 0.717) is 11.4 Å². The minimum atomic E-state index is -2.69. The Labute approximate surface area is 281 Å². The summed E-state index contributed by atoms with van der Waals surface area (Å²) in [5.41, 5.74) is 5.63. The summed E-state index contributed by atoms with van der Waals surface area (Å²) in [5, 5.41) is 7.53. The van der Waals surface area contributed by atoms with Gasteiger partial charge in [0.2, 0.25) is 0 Å². The predicted molar refractivity (Wildman–Crippen MR) is 202 cm³/mol. The average molecular weight is 628 g/mol. The molecule has 0 aliphatic carbocycles. The molecular formula is C44H29N3Si. The molecule has 3 nitrogen and oxygen atoms in total. The lowest BCUT2D eigenvalue weighted by Gasteiger charge is -2.34. The van der Waals surface area contributed by atoms with E-state index in [2.05, 4.69) is 178 Å². The molecule has 0 saturated heterocycles. The van der Waals surface area contributed by atoms with Crippen LogP contribution in [0.25, 0.3) is 48.3 Å². The van der Waals surface area contributed by atoms with Crippen LogP contribution in [0.5, 0.6) is 0 Å². The molecule has 0 unspecified atom stereocenters. The van der Waals surface area contributed by atoms with Crippen LogP contribution in [0.2, 0.25) is 0 Å². The van der Waals surface area contributed by atoms with Gasteiger partial charge in [0.15, 0.2) is 19.4 Å². The molecule has 0 N–H and O–H groups in total. The van der Waals surface area contributed by atoms with Gasteiger partial charge in [0.25, 0.3) is 0 Å². The molecule has 0 saturated carbocycles. The van der Waals surface area contributed by atoms with Gasteiger partial charge in [0.05, 0.1) is 24.2 Å². The topological polar surface area (TPSA) is 13.6 Å². The van der Waals surface area contributed by atoms with Gasteiger partial charge in [0, 0.05) is 16.5 Å². The number of rotatable bonds is 6. The zero-order valence-corrected chi connectivity index (χ0v) is 27.1. The fourth-order valence-electron chi connectivity index (χ4n) is 7.31. The molecule has 1 heterocycles. The molecule has 7 aromatic carbocycles. The summed E-state index contributed by atoms with van der Waals surface area (Å²) in [5.74, 6) is 0. The van der Waals surface area contributed by atoms with Gasteiger partial charge in [-0.05, 0) is 50.1 Å². The van der Waals surface area contributed by atoms with E-state index in [1.54, 1.807) is 0 Å². The second-order valence-electron chi connectivity index (χ2n) is 11.9. The summed E-state index contributed by atoms with van der Waals surface area (Å²) in [6.07, 6.45) is 0. The van der Waals surface area contributed by atoms with Gasteiger partial charge in [-0.3, -0.25) is 9.69 Å². The van der Waals surface area contributed by atoms with E-state index < -0.39 is 8.07 Å². The fraction of sp³-hybridized carbons (Fsp3) is 0. The van der Waals surface area contributed by atoms with Crippen molar-refractivity contribution in [2.24, 2.45) is 0 Å². The molecule has 0 atom stereocenters. The van der Waals surface area contributed by atoms with Crippen LogP contribution in [0.1, 0.15) is 0 Å². The molecule has 224 valence electrons. The molecule has 0 fully saturated rings. The monoisotopic (exact) mass is 627 g/mol. The zero-order valence-electron chi connectivity index (χ0n) is 26.1. The first-order chi connectivity index (χ1) is 23.7. The first-order valence-electron chi connectivity index (χ1n) is 15.9. The highest BCUT2D eigenvalue weighted by atomic mass is 28.3. The lowest BCUT2D eigenvalue weighted by molar-refractivity contribution is 1.18. The van der Waals surface area contributed by atoms with Crippen LogP contribution < -0.4 is 20.7 Å². The number of aromatic nitrogens is 1. The molecule has 0 amide bonds. The molecule has 48 heavy (non-hydrogen) atoms. The Morgan fingerprint density at radius 2 is 0.812 bits per heavy atom. The number of benzene rings is 7. The standard InChI is InChI=1S/C44H29N3Si/c1-45-40-30-39(44(31-41(40)46-2)47-42-24-14-12-22-37(42)38-23-13-15-25-43(38)47)32-26-28-36(29-27-32)48(33-16-6-3-7-17-33,34-18-8-4-9-19-34)35-20-10-5-11-21-35/h3-31H. The minimum absolute atomic E-state index is 0.353. The average Bonchev–Trinajstić information content (AvgIpc) is 3.50. The van der Waals surface area contributed by atoms with Gasteiger partial charge >= 0.3 is 0 Å². The first-order valence-corrected chi connectivity index (χ1v) is 17.9. The van der Waals surface area contributed by atoms with Crippen LogP contribution in [0, 0.1) is 13.1 Å². The largest absolute Gasteiger partial charge is 0.310 e. The molecule has 0 bridgehead atoms. The second-order valence-corrected chi connectivity index (χ2v) is 15.7. The number of para-hydroxylation sites is 2. The summed E-state index contributed by atoms with van der Waals surface area (Å²) in [6.45, 7) is 15.9. The quantitative estimate of drug-likeness (QED) is 0.0993. The van der Waals surface area contributed by atoms with Crippen molar-refractivity contribution in [3.8, 4) is 16.8 Å². The van der Waals surface area contributed by atoms with Crippen LogP contribution in [0.3, 0.4) is 0 Å². The molecular weight excluding hydrogens is 599 g/mol. The van der Waals surface area contributed by atoms with E-state index in [1.807, 2.05) is 12.1 Å². The zero-order chi connectivity index (χ0) is 32.5. The third kappa shape index (κ3) is 4.55. The van der Waals surface area contributed by atoms with E-state index in [4.69, 9.17) is 13.1 Å². The minimum Gasteiger partial charge on any atom is -0.310 e. The van der Waals surface area contributed by atoms with Gasteiger partial charge in [-0.15, -0.1) is 0 Å². The lowest BCUT2D eigenvalue weighted by atomic mass is 10.0. The van der Waals surface area contributed by atoms with Crippen molar-refractivity contribution in [2.45, 2.75) is 0 Å². The molecule has 0 aliphatic heterocycles. The van der Waals surface area contributed by atoms with Crippen LogP contribution in [-0.2, 0) is 0 Å². The van der Waals surface area contributed by atoms with Crippen molar-refractivity contribution in [3.05, 3.63) is 199 Å². The summed E-state index contributed by atoms with van der Waals surface area (Å²) >= 11 is 0. The van der Waals surface area contributed by atoms with Gasteiger partial charge in [-0.1, -0.05) is 158 Å². The van der Waals surface area contributed by atoms with Crippen LogP contribution in [-0.4, -0.2) is 12.6 Å². The highest BCUT2D eigenvalue weighted by molar-refractivity contribution is 7.19. The fourth-order valence-corrected chi connectivity index (χ4v) is 12.1. The van der Waals surface area contributed by atoms with Crippen molar-refractivity contribution < 1.29 is 0 Å². The van der Waals surface area contributed by atoms with Crippen LogP contribution in [0.15, 0.2) is 176 Å². The third-order valence-corrected chi connectivity index (χ3v) is 14.2. The molecule has 1 aromatic heterocycles. The Bertz CT molecular complexity index is 2350. The number of nitrogens with zero attached hydrogens (tertiary/aromatic N) is 3. The summed E-state index contributed by atoms with van der Waals surface area (Å²) < 4.78 is 2.24. The van der Waals surface area contributed by atoms with E-state index in [1.165, 1.54) is 20.7 Å². The Kier molecular flexibility index (Phi) is 7.27. The SMILES string of the molecule is [C-]#[N+]c1cc(-c2ccc([Si](c3ccccc3)(c3ccccc3)c3ccccc3)cc2)c(-n2c3ccccc3c3ccccc32)cc1[N+]#[C-]. The van der Waals surface area contributed by atoms with E-state index >= 15 is 0 Å². The normalized spacial score (nSPS) is 11.3. The molecule has 8 rings (SSSR count). The maximum absolute atomic E-state index is 7.94. The van der Waals surface area contributed by atoms with E-state index in [9.17, 15) is 0 Å². The smallest absolute Gasteiger partial charge is 0.196 e. The van der Waals surface area contributed by atoms with Crippen LogP contribution >= 0.6 is 0 Å². The molecule has 4 heteroatoms. The number of fused-ring (bicyclic) bond motifs is 3. The summed E-state index contributed by atoms with van der Waals surface area (Å²) in [4.78, 5) is 7.57. The third-order valence-electron chi connectivity index (χ3n) is 9.40. The number of hydrogen-bond acceptors (Lipinski definition) is 0. The Morgan fingerprint density at radius 3 is 1.27 bits per heavy atom. The van der Waals surface area contributed by atoms with Gasteiger partial charge < -0.3 is 4.57 Å². The molecule has 0 spiro atoms. The maximum Gasteiger partial charge on any atom is 0.196 e.